The Bertz CT molecular complexity index is 534. The zero-order valence-electron chi connectivity index (χ0n) is 12.4. The van der Waals surface area contributed by atoms with Gasteiger partial charge in [0, 0.05) is 0 Å². The third-order valence-corrected chi connectivity index (χ3v) is 3.10. The highest BCUT2D eigenvalue weighted by atomic mass is 19.4. The summed E-state index contributed by atoms with van der Waals surface area (Å²) in [4.78, 5) is 11.7. The molecule has 130 valence electrons. The topological polar surface area (TPSA) is 26.3 Å². The first-order valence-corrected chi connectivity index (χ1v) is 7.03. The Morgan fingerprint density at radius 1 is 1.00 bits per heavy atom. The lowest BCUT2D eigenvalue weighted by Crippen LogP contribution is -2.17. The summed E-state index contributed by atoms with van der Waals surface area (Å²) >= 11 is 0. The molecule has 0 fully saturated rings. The van der Waals surface area contributed by atoms with Gasteiger partial charge in [-0.15, -0.1) is 0 Å². The van der Waals surface area contributed by atoms with Crippen LogP contribution < -0.4 is 0 Å². The molecular formula is C15H16F6O2. The molecular weight excluding hydrogens is 326 g/mol. The first-order chi connectivity index (χ1) is 10.6. The third kappa shape index (κ3) is 5.76. The zero-order valence-corrected chi connectivity index (χ0v) is 12.4. The molecule has 0 saturated carbocycles. The molecule has 8 heteroatoms. The predicted octanol–water partition coefficient (Wildman–Crippen LogP) is 5.46. The maximum absolute atomic E-state index is 12.8. The zero-order chi connectivity index (χ0) is 17.7. The van der Waals surface area contributed by atoms with Gasteiger partial charge in [0.05, 0.1) is 23.3 Å². The minimum Gasteiger partial charge on any atom is -0.462 e. The molecule has 0 amide bonds. The Morgan fingerprint density at radius 2 is 1.65 bits per heavy atom. The van der Waals surface area contributed by atoms with Crippen molar-refractivity contribution >= 4 is 5.97 Å². The summed E-state index contributed by atoms with van der Waals surface area (Å²) in [6, 6.07) is 0.717. The van der Waals surface area contributed by atoms with Gasteiger partial charge < -0.3 is 4.74 Å². The van der Waals surface area contributed by atoms with Crippen molar-refractivity contribution in [3.05, 3.63) is 34.9 Å². The van der Waals surface area contributed by atoms with Crippen molar-refractivity contribution < 1.29 is 35.9 Å². The number of benzene rings is 1. The smallest absolute Gasteiger partial charge is 0.417 e. The first kappa shape index (κ1) is 19.3. The summed E-state index contributed by atoms with van der Waals surface area (Å²) in [5, 5.41) is 0. The highest BCUT2D eigenvalue weighted by Crippen LogP contribution is 2.36. The molecule has 23 heavy (non-hydrogen) atoms. The number of alkyl halides is 6. The minimum absolute atomic E-state index is 0.133. The van der Waals surface area contributed by atoms with Crippen LogP contribution in [0.15, 0.2) is 18.2 Å². The molecule has 1 aromatic carbocycles. The van der Waals surface area contributed by atoms with E-state index in [0.717, 1.165) is 19.3 Å². The monoisotopic (exact) mass is 342 g/mol. The van der Waals surface area contributed by atoms with Crippen LogP contribution in [0.1, 0.15) is 54.1 Å². The summed E-state index contributed by atoms with van der Waals surface area (Å²) < 4.78 is 81.0. The van der Waals surface area contributed by atoms with Crippen molar-refractivity contribution in [1.82, 2.24) is 0 Å². The quantitative estimate of drug-likeness (QED) is 0.390. The Morgan fingerprint density at radius 3 is 2.17 bits per heavy atom. The van der Waals surface area contributed by atoms with E-state index in [1.54, 1.807) is 0 Å². The van der Waals surface area contributed by atoms with Gasteiger partial charge in [0.15, 0.2) is 0 Å². The molecule has 0 bridgehead atoms. The molecule has 0 radical (unpaired) electrons. The average molecular weight is 342 g/mol. The predicted molar refractivity (Wildman–Crippen MR) is 70.9 cm³/mol. The molecule has 0 saturated heterocycles. The number of rotatable bonds is 6. The molecule has 0 unspecified atom stereocenters. The fourth-order valence-corrected chi connectivity index (χ4v) is 1.91. The average Bonchev–Trinajstić information content (AvgIpc) is 2.44. The number of unbranched alkanes of at least 4 members (excludes halogenated alkanes) is 3. The van der Waals surface area contributed by atoms with Crippen molar-refractivity contribution in [3.8, 4) is 0 Å². The lowest BCUT2D eigenvalue weighted by atomic mass is 10.0. The van der Waals surface area contributed by atoms with Gasteiger partial charge in [0.1, 0.15) is 0 Å². The molecule has 0 atom stereocenters. The van der Waals surface area contributed by atoms with Crippen molar-refractivity contribution in [2.75, 3.05) is 6.61 Å². The molecule has 1 rings (SSSR count). The highest BCUT2D eigenvalue weighted by Gasteiger charge is 2.39. The third-order valence-electron chi connectivity index (χ3n) is 3.10. The molecule has 1 aromatic rings. The van der Waals surface area contributed by atoms with E-state index in [1.807, 2.05) is 6.92 Å². The SMILES string of the molecule is CCCCCCOC(=O)c1cc(C(F)(F)F)ccc1C(F)(F)F. The van der Waals surface area contributed by atoms with Gasteiger partial charge in [-0.2, -0.15) is 26.3 Å². The summed E-state index contributed by atoms with van der Waals surface area (Å²) in [6.45, 7) is 1.82. The number of hydrogen-bond donors (Lipinski definition) is 0. The summed E-state index contributed by atoms with van der Waals surface area (Å²) in [5.41, 5.74) is -3.89. The van der Waals surface area contributed by atoms with Gasteiger partial charge >= 0.3 is 18.3 Å². The first-order valence-electron chi connectivity index (χ1n) is 7.03. The van der Waals surface area contributed by atoms with Crippen LogP contribution in [0, 0.1) is 0 Å². The Kier molecular flexibility index (Phi) is 6.47. The van der Waals surface area contributed by atoms with E-state index in [4.69, 9.17) is 0 Å². The second kappa shape index (κ2) is 7.70. The lowest BCUT2D eigenvalue weighted by molar-refractivity contribution is -0.141. The number of carbonyl (C=O) groups excluding carboxylic acids is 1. The van der Waals surface area contributed by atoms with E-state index >= 15 is 0 Å². The van der Waals surface area contributed by atoms with Crippen LogP contribution >= 0.6 is 0 Å². The summed E-state index contributed by atoms with van der Waals surface area (Å²) in [5.74, 6) is -1.40. The van der Waals surface area contributed by atoms with E-state index in [1.165, 1.54) is 0 Å². The number of hydrogen-bond acceptors (Lipinski definition) is 2. The van der Waals surface area contributed by atoms with Crippen LogP contribution in [-0.4, -0.2) is 12.6 Å². The maximum Gasteiger partial charge on any atom is 0.417 e. The number of esters is 1. The molecule has 0 aromatic heterocycles. The number of halogens is 6. The molecule has 0 aliphatic rings. The Labute approximate surface area is 129 Å². The van der Waals surface area contributed by atoms with E-state index < -0.39 is 35.0 Å². The largest absolute Gasteiger partial charge is 0.462 e. The molecule has 0 aliphatic carbocycles. The van der Waals surface area contributed by atoms with E-state index in [9.17, 15) is 31.1 Å². The van der Waals surface area contributed by atoms with E-state index in [-0.39, 0.29) is 18.7 Å². The minimum atomic E-state index is -4.94. The van der Waals surface area contributed by atoms with Crippen molar-refractivity contribution in [1.29, 1.82) is 0 Å². The molecule has 0 N–H and O–H groups in total. The fraction of sp³-hybridized carbons (Fsp3) is 0.533. The lowest BCUT2D eigenvalue weighted by Gasteiger charge is -2.15. The van der Waals surface area contributed by atoms with Crippen LogP contribution in [0.4, 0.5) is 26.3 Å². The summed E-state index contributed by atoms with van der Waals surface area (Å²) in [6.07, 6.45) is -6.84. The standard InChI is InChI=1S/C15H16F6O2/c1-2-3-4-5-8-23-13(22)11-9-10(14(16,17)18)6-7-12(11)15(19,20)21/h6-7,9H,2-5,8H2,1H3. The number of ether oxygens (including phenoxy) is 1. The van der Waals surface area contributed by atoms with Crippen LogP contribution in [0.2, 0.25) is 0 Å². The second-order valence-corrected chi connectivity index (χ2v) is 4.95. The number of carbonyl (C=O) groups is 1. The van der Waals surface area contributed by atoms with Gasteiger partial charge in [-0.3, -0.25) is 0 Å². The Hall–Kier alpha value is -1.73. The summed E-state index contributed by atoms with van der Waals surface area (Å²) in [7, 11) is 0. The van der Waals surface area contributed by atoms with Crippen LogP contribution in [0.25, 0.3) is 0 Å². The van der Waals surface area contributed by atoms with Gasteiger partial charge in [-0.05, 0) is 24.6 Å². The van der Waals surface area contributed by atoms with Gasteiger partial charge in [-0.25, -0.2) is 4.79 Å². The van der Waals surface area contributed by atoms with Crippen molar-refractivity contribution in [3.63, 3.8) is 0 Å². The molecule has 2 nitrogen and oxygen atoms in total. The van der Waals surface area contributed by atoms with Gasteiger partial charge in [0.2, 0.25) is 0 Å². The molecule has 0 heterocycles. The maximum atomic E-state index is 12.8. The van der Waals surface area contributed by atoms with E-state index in [0.29, 0.717) is 12.5 Å². The fourth-order valence-electron chi connectivity index (χ4n) is 1.91. The van der Waals surface area contributed by atoms with E-state index in [2.05, 4.69) is 4.74 Å². The van der Waals surface area contributed by atoms with Crippen molar-refractivity contribution in [2.24, 2.45) is 0 Å². The van der Waals surface area contributed by atoms with Gasteiger partial charge in [-0.1, -0.05) is 26.2 Å². The van der Waals surface area contributed by atoms with Gasteiger partial charge in [0.25, 0.3) is 0 Å². The van der Waals surface area contributed by atoms with Crippen molar-refractivity contribution in [2.45, 2.75) is 45.0 Å². The van der Waals surface area contributed by atoms with Crippen LogP contribution in [0.3, 0.4) is 0 Å². The highest BCUT2D eigenvalue weighted by molar-refractivity contribution is 5.91. The Balaban J connectivity index is 2.98. The second-order valence-electron chi connectivity index (χ2n) is 4.95. The molecule has 0 spiro atoms. The normalized spacial score (nSPS) is 12.3. The van der Waals surface area contributed by atoms with Crippen LogP contribution in [0.5, 0.6) is 0 Å². The molecule has 0 aliphatic heterocycles. The van der Waals surface area contributed by atoms with Crippen LogP contribution in [-0.2, 0) is 17.1 Å².